The van der Waals surface area contributed by atoms with Gasteiger partial charge < -0.3 is 20.7 Å². The highest BCUT2D eigenvalue weighted by atomic mass is 16.5. The van der Waals surface area contributed by atoms with Crippen LogP contribution in [-0.4, -0.2) is 45.7 Å². The maximum atomic E-state index is 12.6. The minimum absolute atomic E-state index is 0.152. The summed E-state index contributed by atoms with van der Waals surface area (Å²) in [4.78, 5) is 21.4. The summed E-state index contributed by atoms with van der Waals surface area (Å²) in [6.07, 6.45) is 6.40. The fraction of sp³-hybridized carbons (Fsp3) is 0.333. The van der Waals surface area contributed by atoms with Crippen molar-refractivity contribution in [2.24, 2.45) is 0 Å². The van der Waals surface area contributed by atoms with Crippen molar-refractivity contribution in [2.75, 3.05) is 24.8 Å². The van der Waals surface area contributed by atoms with Gasteiger partial charge in [-0.1, -0.05) is 0 Å². The van der Waals surface area contributed by atoms with Gasteiger partial charge in [-0.25, -0.2) is 9.97 Å². The molecule has 3 aromatic rings. The molecule has 0 aromatic carbocycles. The van der Waals surface area contributed by atoms with E-state index in [9.17, 15) is 4.79 Å². The molecule has 9 heteroatoms. The largest absolute Gasteiger partial charge is 0.480 e. The van der Waals surface area contributed by atoms with Crippen molar-refractivity contribution in [1.82, 2.24) is 24.9 Å². The van der Waals surface area contributed by atoms with Gasteiger partial charge in [-0.15, -0.1) is 0 Å². The number of carbonyl (C=O) groups excluding carboxylic acids is 1. The van der Waals surface area contributed by atoms with E-state index in [1.165, 1.54) is 0 Å². The standard InChI is InChI=1S/C18H21N7O2/c1-19-15-9-14(23-13-7-4-8-20-18(13)27-2)24-16-12(10-21-25(15)16)17(26)22-11-5-3-6-11/h4,7-11,19H,3,5-6H2,1-2H3,(H,22,26)(H,23,24). The predicted molar refractivity (Wildman–Crippen MR) is 102 cm³/mol. The van der Waals surface area contributed by atoms with E-state index in [1.807, 2.05) is 6.07 Å². The zero-order chi connectivity index (χ0) is 18.8. The molecular weight excluding hydrogens is 346 g/mol. The summed E-state index contributed by atoms with van der Waals surface area (Å²) in [5.74, 6) is 1.56. The van der Waals surface area contributed by atoms with E-state index in [1.54, 1.807) is 43.2 Å². The molecule has 0 spiro atoms. The Bertz CT molecular complexity index is 981. The van der Waals surface area contributed by atoms with Crippen molar-refractivity contribution in [3.8, 4) is 5.88 Å². The molecule has 0 aliphatic heterocycles. The number of ether oxygens (including phenoxy) is 1. The van der Waals surface area contributed by atoms with Crippen LogP contribution in [0.15, 0.2) is 30.6 Å². The minimum atomic E-state index is -0.152. The molecule has 0 radical (unpaired) electrons. The van der Waals surface area contributed by atoms with E-state index < -0.39 is 0 Å². The van der Waals surface area contributed by atoms with Crippen LogP contribution in [0.25, 0.3) is 5.65 Å². The Balaban J connectivity index is 1.71. The monoisotopic (exact) mass is 367 g/mol. The number of nitrogens with one attached hydrogen (secondary N) is 3. The van der Waals surface area contributed by atoms with Crippen LogP contribution in [0.4, 0.5) is 17.3 Å². The van der Waals surface area contributed by atoms with E-state index in [2.05, 4.69) is 31.0 Å². The van der Waals surface area contributed by atoms with Crippen LogP contribution < -0.4 is 20.7 Å². The number of pyridine rings is 1. The van der Waals surface area contributed by atoms with Gasteiger partial charge in [-0.05, 0) is 31.4 Å². The van der Waals surface area contributed by atoms with Crippen molar-refractivity contribution < 1.29 is 9.53 Å². The average molecular weight is 367 g/mol. The molecule has 140 valence electrons. The average Bonchev–Trinajstić information content (AvgIpc) is 3.08. The number of methoxy groups -OCH3 is 1. The van der Waals surface area contributed by atoms with Gasteiger partial charge in [-0.3, -0.25) is 4.79 Å². The van der Waals surface area contributed by atoms with Crippen molar-refractivity contribution in [3.63, 3.8) is 0 Å². The van der Waals surface area contributed by atoms with Gasteiger partial charge >= 0.3 is 0 Å². The van der Waals surface area contributed by atoms with Gasteiger partial charge in [0.15, 0.2) is 5.65 Å². The molecule has 3 aromatic heterocycles. The fourth-order valence-corrected chi connectivity index (χ4v) is 2.97. The number of hydrogen-bond donors (Lipinski definition) is 3. The first-order chi connectivity index (χ1) is 13.2. The van der Waals surface area contributed by atoms with E-state index in [-0.39, 0.29) is 11.9 Å². The highest BCUT2D eigenvalue weighted by molar-refractivity contribution is 6.00. The van der Waals surface area contributed by atoms with Crippen LogP contribution >= 0.6 is 0 Å². The van der Waals surface area contributed by atoms with Gasteiger partial charge in [0.05, 0.1) is 13.3 Å². The Morgan fingerprint density at radius 2 is 2.22 bits per heavy atom. The van der Waals surface area contributed by atoms with Crippen LogP contribution in [0.3, 0.4) is 0 Å². The number of aromatic nitrogens is 4. The highest BCUT2D eigenvalue weighted by Crippen LogP contribution is 2.26. The Morgan fingerprint density at radius 3 is 2.93 bits per heavy atom. The number of carbonyl (C=O) groups is 1. The summed E-state index contributed by atoms with van der Waals surface area (Å²) in [6.45, 7) is 0. The number of hydrogen-bond acceptors (Lipinski definition) is 7. The predicted octanol–water partition coefficient (Wildman–Crippen LogP) is 2.20. The molecule has 1 amide bonds. The molecule has 0 saturated heterocycles. The summed E-state index contributed by atoms with van der Waals surface area (Å²) in [7, 11) is 3.35. The SMILES string of the molecule is CNc1cc(Nc2cccnc2OC)nc2c(C(=O)NC3CCC3)cnn12. The molecule has 3 N–H and O–H groups in total. The molecule has 1 fully saturated rings. The summed E-state index contributed by atoms with van der Waals surface area (Å²) in [5.41, 5.74) is 1.60. The van der Waals surface area contributed by atoms with Gasteiger partial charge in [0.25, 0.3) is 5.91 Å². The highest BCUT2D eigenvalue weighted by Gasteiger charge is 2.23. The minimum Gasteiger partial charge on any atom is -0.480 e. The first-order valence-corrected chi connectivity index (χ1v) is 8.83. The molecular formula is C18H21N7O2. The molecule has 0 bridgehead atoms. The first kappa shape index (κ1) is 17.1. The third-order valence-corrected chi connectivity index (χ3v) is 4.64. The molecule has 0 atom stereocenters. The molecule has 0 unspecified atom stereocenters. The van der Waals surface area contributed by atoms with E-state index >= 15 is 0 Å². The first-order valence-electron chi connectivity index (χ1n) is 8.83. The van der Waals surface area contributed by atoms with Crippen LogP contribution in [-0.2, 0) is 0 Å². The molecule has 9 nitrogen and oxygen atoms in total. The number of nitrogens with zero attached hydrogens (tertiary/aromatic N) is 4. The van der Waals surface area contributed by atoms with Crippen molar-refractivity contribution in [2.45, 2.75) is 25.3 Å². The molecule has 3 heterocycles. The zero-order valence-corrected chi connectivity index (χ0v) is 15.2. The maximum Gasteiger partial charge on any atom is 0.256 e. The van der Waals surface area contributed by atoms with E-state index in [0.29, 0.717) is 34.4 Å². The van der Waals surface area contributed by atoms with Gasteiger partial charge in [0.1, 0.15) is 22.9 Å². The number of fused-ring (bicyclic) bond motifs is 1. The summed E-state index contributed by atoms with van der Waals surface area (Å²) in [5, 5.41) is 13.6. The summed E-state index contributed by atoms with van der Waals surface area (Å²) >= 11 is 0. The lowest BCUT2D eigenvalue weighted by atomic mass is 9.93. The zero-order valence-electron chi connectivity index (χ0n) is 15.2. The van der Waals surface area contributed by atoms with Crippen molar-refractivity contribution in [3.05, 3.63) is 36.2 Å². The smallest absolute Gasteiger partial charge is 0.256 e. The number of amides is 1. The molecule has 4 rings (SSSR count). The van der Waals surface area contributed by atoms with Gasteiger partial charge in [0.2, 0.25) is 5.88 Å². The second-order valence-electron chi connectivity index (χ2n) is 6.36. The normalized spacial score (nSPS) is 13.9. The molecule has 27 heavy (non-hydrogen) atoms. The van der Waals surface area contributed by atoms with Crippen molar-refractivity contribution >= 4 is 28.9 Å². The van der Waals surface area contributed by atoms with Crippen molar-refractivity contribution in [1.29, 1.82) is 0 Å². The van der Waals surface area contributed by atoms with Gasteiger partial charge in [0, 0.05) is 25.4 Å². The molecule has 1 aliphatic carbocycles. The summed E-state index contributed by atoms with van der Waals surface area (Å²) in [6, 6.07) is 5.70. The number of anilines is 3. The Labute approximate surface area is 156 Å². The van der Waals surface area contributed by atoms with Crippen LogP contribution in [0.2, 0.25) is 0 Å². The topological polar surface area (TPSA) is 105 Å². The maximum absolute atomic E-state index is 12.6. The Morgan fingerprint density at radius 1 is 1.37 bits per heavy atom. The Hall–Kier alpha value is -3.36. The van der Waals surface area contributed by atoms with E-state index in [4.69, 9.17) is 4.74 Å². The van der Waals surface area contributed by atoms with Crippen LogP contribution in [0.5, 0.6) is 5.88 Å². The quantitative estimate of drug-likeness (QED) is 0.613. The lowest BCUT2D eigenvalue weighted by molar-refractivity contribution is 0.0918. The van der Waals surface area contributed by atoms with E-state index in [0.717, 1.165) is 19.3 Å². The fourth-order valence-electron chi connectivity index (χ4n) is 2.97. The van der Waals surface area contributed by atoms with Crippen LogP contribution in [0.1, 0.15) is 29.6 Å². The van der Waals surface area contributed by atoms with Crippen LogP contribution in [0, 0.1) is 0 Å². The lowest BCUT2D eigenvalue weighted by Gasteiger charge is -2.26. The third kappa shape index (κ3) is 3.23. The third-order valence-electron chi connectivity index (χ3n) is 4.64. The molecule has 1 aliphatic rings. The molecule has 1 saturated carbocycles. The second kappa shape index (κ2) is 7.10. The van der Waals surface area contributed by atoms with Gasteiger partial charge in [-0.2, -0.15) is 9.61 Å². The number of rotatable bonds is 6. The second-order valence-corrected chi connectivity index (χ2v) is 6.36. The lowest BCUT2D eigenvalue weighted by Crippen LogP contribution is -2.39. The Kier molecular flexibility index (Phi) is 4.49. The summed E-state index contributed by atoms with van der Waals surface area (Å²) < 4.78 is 6.88.